The van der Waals surface area contributed by atoms with Gasteiger partial charge in [0.15, 0.2) is 0 Å². The molecule has 0 bridgehead atoms. The molecular formula is C21H33N3O3. The summed E-state index contributed by atoms with van der Waals surface area (Å²) in [5, 5.41) is 0. The third-order valence-corrected chi connectivity index (χ3v) is 5.18. The van der Waals surface area contributed by atoms with Gasteiger partial charge in [-0.2, -0.15) is 0 Å². The van der Waals surface area contributed by atoms with E-state index >= 15 is 0 Å². The van der Waals surface area contributed by atoms with Crippen LogP contribution in [-0.2, 0) is 16.0 Å². The Bertz CT molecular complexity index is 628. The van der Waals surface area contributed by atoms with E-state index in [0.29, 0.717) is 45.4 Å². The van der Waals surface area contributed by atoms with E-state index in [1.807, 2.05) is 47.9 Å². The van der Waals surface area contributed by atoms with Gasteiger partial charge in [-0.1, -0.05) is 25.5 Å². The molecule has 1 aliphatic rings. The van der Waals surface area contributed by atoms with Crippen molar-refractivity contribution in [2.24, 2.45) is 5.73 Å². The molecule has 0 aliphatic carbocycles. The van der Waals surface area contributed by atoms with E-state index in [2.05, 4.69) is 0 Å². The van der Waals surface area contributed by atoms with Crippen molar-refractivity contribution in [2.45, 2.75) is 51.5 Å². The number of aryl methyl sites for hydroxylation is 1. The summed E-state index contributed by atoms with van der Waals surface area (Å²) in [4.78, 5) is 29.0. The van der Waals surface area contributed by atoms with Crippen molar-refractivity contribution in [3.05, 3.63) is 29.8 Å². The molecule has 150 valence electrons. The molecule has 1 unspecified atom stereocenters. The maximum atomic E-state index is 12.7. The Labute approximate surface area is 162 Å². The van der Waals surface area contributed by atoms with Crippen LogP contribution in [0.4, 0.5) is 0 Å². The summed E-state index contributed by atoms with van der Waals surface area (Å²) in [5.74, 6) is 0.957. The van der Waals surface area contributed by atoms with Crippen LogP contribution in [-0.4, -0.2) is 60.4 Å². The lowest BCUT2D eigenvalue weighted by Gasteiger charge is -2.31. The molecular weight excluding hydrogens is 342 g/mol. The van der Waals surface area contributed by atoms with E-state index in [1.165, 1.54) is 0 Å². The molecule has 2 rings (SSSR count). The van der Waals surface area contributed by atoms with Gasteiger partial charge in [0.05, 0.1) is 12.6 Å². The molecule has 1 saturated heterocycles. The van der Waals surface area contributed by atoms with Crippen molar-refractivity contribution >= 4 is 11.8 Å². The molecule has 1 heterocycles. The second-order valence-corrected chi connectivity index (χ2v) is 7.54. The molecule has 1 aromatic rings. The van der Waals surface area contributed by atoms with Gasteiger partial charge in [0.1, 0.15) is 5.75 Å². The third-order valence-electron chi connectivity index (χ3n) is 5.18. The SMILES string of the molecule is CCCC(C)(N)C(=O)N1CCCN(C(=O)CCc2ccc(OC)cc2)CC1. The van der Waals surface area contributed by atoms with Gasteiger partial charge < -0.3 is 20.3 Å². The average Bonchev–Trinajstić information content (AvgIpc) is 2.92. The summed E-state index contributed by atoms with van der Waals surface area (Å²) in [5.41, 5.74) is 6.50. The van der Waals surface area contributed by atoms with Crippen LogP contribution in [0.15, 0.2) is 24.3 Å². The van der Waals surface area contributed by atoms with E-state index in [0.717, 1.165) is 24.2 Å². The molecule has 2 amide bonds. The lowest BCUT2D eigenvalue weighted by molar-refractivity contribution is -0.137. The highest BCUT2D eigenvalue weighted by Crippen LogP contribution is 2.16. The highest BCUT2D eigenvalue weighted by molar-refractivity contribution is 5.85. The lowest BCUT2D eigenvalue weighted by Crippen LogP contribution is -2.54. The largest absolute Gasteiger partial charge is 0.497 e. The molecule has 6 heteroatoms. The third kappa shape index (κ3) is 5.96. The normalized spacial score (nSPS) is 17.2. The fourth-order valence-electron chi connectivity index (χ4n) is 3.56. The van der Waals surface area contributed by atoms with E-state index in [1.54, 1.807) is 7.11 Å². The number of nitrogens with two attached hydrogens (primary N) is 1. The summed E-state index contributed by atoms with van der Waals surface area (Å²) in [6.45, 7) is 6.34. The Morgan fingerprint density at radius 1 is 1.11 bits per heavy atom. The first-order valence-electron chi connectivity index (χ1n) is 9.86. The molecule has 1 atom stereocenters. The maximum Gasteiger partial charge on any atom is 0.242 e. The van der Waals surface area contributed by atoms with Crippen LogP contribution >= 0.6 is 0 Å². The predicted octanol–water partition coefficient (Wildman–Crippen LogP) is 2.21. The second-order valence-electron chi connectivity index (χ2n) is 7.54. The molecule has 0 aromatic heterocycles. The quantitative estimate of drug-likeness (QED) is 0.793. The first-order valence-corrected chi connectivity index (χ1v) is 9.86. The fraction of sp³-hybridized carbons (Fsp3) is 0.619. The minimum Gasteiger partial charge on any atom is -0.497 e. The van der Waals surface area contributed by atoms with Crippen molar-refractivity contribution in [1.82, 2.24) is 9.80 Å². The monoisotopic (exact) mass is 375 g/mol. The highest BCUT2D eigenvalue weighted by atomic mass is 16.5. The average molecular weight is 376 g/mol. The van der Waals surface area contributed by atoms with Crippen LogP contribution in [0.25, 0.3) is 0 Å². The summed E-state index contributed by atoms with van der Waals surface area (Å²) in [7, 11) is 1.64. The van der Waals surface area contributed by atoms with E-state index in [-0.39, 0.29) is 11.8 Å². The van der Waals surface area contributed by atoms with E-state index in [9.17, 15) is 9.59 Å². The smallest absolute Gasteiger partial charge is 0.242 e. The number of ether oxygens (including phenoxy) is 1. The number of carbonyl (C=O) groups is 2. The highest BCUT2D eigenvalue weighted by Gasteiger charge is 2.33. The molecule has 1 aromatic carbocycles. The van der Waals surface area contributed by atoms with Gasteiger partial charge in [-0.05, 0) is 43.9 Å². The van der Waals surface area contributed by atoms with Crippen LogP contribution in [0.1, 0.15) is 45.1 Å². The van der Waals surface area contributed by atoms with Gasteiger partial charge in [0, 0.05) is 32.6 Å². The van der Waals surface area contributed by atoms with Gasteiger partial charge in [-0.15, -0.1) is 0 Å². The number of methoxy groups -OCH3 is 1. The van der Waals surface area contributed by atoms with Crippen molar-refractivity contribution in [3.63, 3.8) is 0 Å². The standard InChI is InChI=1S/C21H33N3O3/c1-4-12-21(2,22)20(26)24-14-5-13-23(15-16-24)19(25)11-8-17-6-9-18(27-3)10-7-17/h6-7,9-10H,4-5,8,11-16,22H2,1-3H3. The Balaban J connectivity index is 1.85. The lowest BCUT2D eigenvalue weighted by atomic mass is 9.95. The first-order chi connectivity index (χ1) is 12.9. The minimum absolute atomic E-state index is 0.00289. The maximum absolute atomic E-state index is 12.7. The Hall–Kier alpha value is -2.08. The van der Waals surface area contributed by atoms with Crippen LogP contribution in [0, 0.1) is 0 Å². The Morgan fingerprint density at radius 2 is 1.74 bits per heavy atom. The predicted molar refractivity (Wildman–Crippen MR) is 107 cm³/mol. The van der Waals surface area contributed by atoms with Crippen molar-refractivity contribution in [2.75, 3.05) is 33.3 Å². The zero-order chi connectivity index (χ0) is 19.9. The van der Waals surface area contributed by atoms with Crippen LogP contribution < -0.4 is 10.5 Å². The van der Waals surface area contributed by atoms with Gasteiger partial charge in [0.2, 0.25) is 11.8 Å². The zero-order valence-corrected chi connectivity index (χ0v) is 16.9. The molecule has 6 nitrogen and oxygen atoms in total. The number of nitrogens with zero attached hydrogens (tertiary/aromatic N) is 2. The number of benzene rings is 1. The summed E-state index contributed by atoms with van der Waals surface area (Å²) in [6, 6.07) is 7.81. The van der Waals surface area contributed by atoms with E-state index < -0.39 is 5.54 Å². The molecule has 27 heavy (non-hydrogen) atoms. The zero-order valence-electron chi connectivity index (χ0n) is 16.9. The summed E-state index contributed by atoms with van der Waals surface area (Å²) < 4.78 is 5.16. The molecule has 2 N–H and O–H groups in total. The molecule has 1 fully saturated rings. The van der Waals surface area contributed by atoms with Crippen molar-refractivity contribution in [1.29, 1.82) is 0 Å². The molecule has 0 spiro atoms. The van der Waals surface area contributed by atoms with Gasteiger partial charge in [0.25, 0.3) is 0 Å². The van der Waals surface area contributed by atoms with Gasteiger partial charge in [-0.3, -0.25) is 9.59 Å². The fourth-order valence-corrected chi connectivity index (χ4v) is 3.56. The summed E-state index contributed by atoms with van der Waals surface area (Å²) in [6.07, 6.45) is 3.53. The minimum atomic E-state index is -0.817. The van der Waals surface area contributed by atoms with E-state index in [4.69, 9.17) is 10.5 Å². The summed E-state index contributed by atoms with van der Waals surface area (Å²) >= 11 is 0. The number of carbonyl (C=O) groups excluding carboxylic acids is 2. The number of amides is 2. The van der Waals surface area contributed by atoms with Crippen LogP contribution in [0.3, 0.4) is 0 Å². The Kier molecular flexibility index (Phi) is 7.66. The number of hydrogen-bond donors (Lipinski definition) is 1. The van der Waals surface area contributed by atoms with Crippen LogP contribution in [0.2, 0.25) is 0 Å². The van der Waals surface area contributed by atoms with Gasteiger partial charge >= 0.3 is 0 Å². The number of rotatable bonds is 7. The first kappa shape index (κ1) is 21.2. The number of hydrogen-bond acceptors (Lipinski definition) is 4. The van der Waals surface area contributed by atoms with Gasteiger partial charge in [-0.25, -0.2) is 0 Å². The van der Waals surface area contributed by atoms with Crippen molar-refractivity contribution < 1.29 is 14.3 Å². The molecule has 0 radical (unpaired) electrons. The second kappa shape index (κ2) is 9.74. The van der Waals surface area contributed by atoms with Crippen molar-refractivity contribution in [3.8, 4) is 5.75 Å². The Morgan fingerprint density at radius 3 is 2.37 bits per heavy atom. The van der Waals surface area contributed by atoms with Crippen LogP contribution in [0.5, 0.6) is 5.75 Å². The molecule has 1 aliphatic heterocycles. The topological polar surface area (TPSA) is 75.9 Å². The molecule has 0 saturated carbocycles.